The fourth-order valence-electron chi connectivity index (χ4n) is 2.29. The summed E-state index contributed by atoms with van der Waals surface area (Å²) in [6.45, 7) is 0.388. The number of benzene rings is 2. The summed E-state index contributed by atoms with van der Waals surface area (Å²) in [5, 5.41) is 2.19. The zero-order chi connectivity index (χ0) is 15.4. The zero-order valence-electron chi connectivity index (χ0n) is 12.2. The lowest BCUT2D eigenvalue weighted by atomic mass is 10.1. The molecule has 1 aromatic heterocycles. The van der Waals surface area contributed by atoms with Crippen molar-refractivity contribution in [1.29, 1.82) is 0 Å². The highest BCUT2D eigenvalue weighted by Gasteiger charge is 2.07. The minimum absolute atomic E-state index is 0.378. The number of aromatic nitrogens is 1. The van der Waals surface area contributed by atoms with E-state index in [1.807, 2.05) is 36.5 Å². The molecule has 0 aliphatic heterocycles. The van der Waals surface area contributed by atoms with E-state index in [2.05, 4.69) is 4.98 Å². The number of fused-ring (bicyclic) bond motifs is 1. The van der Waals surface area contributed by atoms with E-state index in [4.69, 9.17) is 9.47 Å². The molecule has 2 aromatic carbocycles. The molecule has 0 fully saturated rings. The Labute approximate surface area is 128 Å². The molecule has 0 saturated carbocycles. The smallest absolute Gasteiger partial charge is 0.337 e. The molecule has 0 aliphatic rings. The fraction of sp³-hybridized carbons (Fsp3) is 0.111. The second-order valence-electron chi connectivity index (χ2n) is 4.83. The Hall–Kier alpha value is -2.88. The molecule has 110 valence electrons. The van der Waals surface area contributed by atoms with Crippen LogP contribution in [0.1, 0.15) is 15.9 Å². The molecule has 0 unspecified atom stereocenters. The third-order valence-electron chi connectivity index (χ3n) is 3.40. The van der Waals surface area contributed by atoms with Crippen LogP contribution in [0.25, 0.3) is 10.8 Å². The number of hydrogen-bond donors (Lipinski definition) is 0. The van der Waals surface area contributed by atoms with Gasteiger partial charge in [0.1, 0.15) is 12.4 Å². The highest BCUT2D eigenvalue weighted by atomic mass is 16.5. The van der Waals surface area contributed by atoms with Crippen LogP contribution in [0.5, 0.6) is 5.75 Å². The van der Waals surface area contributed by atoms with Crippen molar-refractivity contribution in [1.82, 2.24) is 4.98 Å². The molecular formula is C18H15NO3. The maximum Gasteiger partial charge on any atom is 0.337 e. The second-order valence-corrected chi connectivity index (χ2v) is 4.83. The van der Waals surface area contributed by atoms with Crippen molar-refractivity contribution >= 4 is 16.7 Å². The Morgan fingerprint density at radius 2 is 1.95 bits per heavy atom. The predicted molar refractivity (Wildman–Crippen MR) is 83.9 cm³/mol. The van der Waals surface area contributed by atoms with Crippen molar-refractivity contribution in [2.75, 3.05) is 7.11 Å². The Morgan fingerprint density at radius 1 is 1.09 bits per heavy atom. The monoisotopic (exact) mass is 293 g/mol. The number of pyridine rings is 1. The molecule has 3 rings (SSSR count). The standard InChI is InChI=1S/C18H15NO3/c1-21-18(20)13-6-4-7-16(9-13)22-12-15-11-19-10-14-5-2-3-8-17(14)15/h2-11H,12H2,1H3. The number of carbonyl (C=O) groups is 1. The molecule has 22 heavy (non-hydrogen) atoms. The molecule has 0 amide bonds. The number of methoxy groups -OCH3 is 1. The number of rotatable bonds is 4. The summed E-state index contributed by atoms with van der Waals surface area (Å²) in [5.41, 5.74) is 1.47. The van der Waals surface area contributed by atoms with E-state index in [-0.39, 0.29) is 5.97 Å². The van der Waals surface area contributed by atoms with Crippen LogP contribution < -0.4 is 4.74 Å². The van der Waals surface area contributed by atoms with E-state index < -0.39 is 0 Å². The van der Waals surface area contributed by atoms with Gasteiger partial charge in [-0.3, -0.25) is 4.98 Å². The lowest BCUT2D eigenvalue weighted by Gasteiger charge is -2.09. The van der Waals surface area contributed by atoms with Crippen LogP contribution >= 0.6 is 0 Å². The number of esters is 1. The highest BCUT2D eigenvalue weighted by molar-refractivity contribution is 5.89. The average molecular weight is 293 g/mol. The molecule has 3 aromatic rings. The lowest BCUT2D eigenvalue weighted by Crippen LogP contribution is -2.02. The van der Waals surface area contributed by atoms with Gasteiger partial charge in [0, 0.05) is 23.3 Å². The summed E-state index contributed by atoms with van der Waals surface area (Å²) < 4.78 is 10.5. The van der Waals surface area contributed by atoms with Crippen LogP contribution in [0, 0.1) is 0 Å². The number of nitrogens with zero attached hydrogens (tertiary/aromatic N) is 1. The SMILES string of the molecule is COC(=O)c1cccc(OCc2cncc3ccccc23)c1. The highest BCUT2D eigenvalue weighted by Crippen LogP contribution is 2.20. The van der Waals surface area contributed by atoms with Gasteiger partial charge in [-0.05, 0) is 23.6 Å². The minimum atomic E-state index is -0.378. The van der Waals surface area contributed by atoms with Gasteiger partial charge in [0.15, 0.2) is 0 Å². The summed E-state index contributed by atoms with van der Waals surface area (Å²) in [5.74, 6) is 0.244. The lowest BCUT2D eigenvalue weighted by molar-refractivity contribution is 0.0600. The number of carbonyl (C=O) groups excluding carboxylic acids is 1. The third-order valence-corrected chi connectivity index (χ3v) is 3.40. The van der Waals surface area contributed by atoms with E-state index in [1.54, 1.807) is 24.4 Å². The number of hydrogen-bond acceptors (Lipinski definition) is 4. The molecule has 4 nitrogen and oxygen atoms in total. The Morgan fingerprint density at radius 3 is 2.82 bits per heavy atom. The fourth-order valence-corrected chi connectivity index (χ4v) is 2.29. The molecule has 0 N–H and O–H groups in total. The van der Waals surface area contributed by atoms with Gasteiger partial charge in [-0.25, -0.2) is 4.79 Å². The van der Waals surface area contributed by atoms with Crippen molar-refractivity contribution in [3.8, 4) is 5.75 Å². The Bertz CT molecular complexity index is 809. The summed E-state index contributed by atoms with van der Waals surface area (Å²) in [4.78, 5) is 15.8. The first-order chi connectivity index (χ1) is 10.8. The van der Waals surface area contributed by atoms with Crippen molar-refractivity contribution < 1.29 is 14.3 Å². The summed E-state index contributed by atoms with van der Waals surface area (Å²) in [7, 11) is 1.36. The zero-order valence-corrected chi connectivity index (χ0v) is 12.2. The second kappa shape index (κ2) is 6.26. The molecule has 0 spiro atoms. The quantitative estimate of drug-likeness (QED) is 0.690. The maximum absolute atomic E-state index is 11.5. The Balaban J connectivity index is 1.81. The first-order valence-electron chi connectivity index (χ1n) is 6.91. The first kappa shape index (κ1) is 14.1. The molecule has 0 radical (unpaired) electrons. The van der Waals surface area contributed by atoms with Gasteiger partial charge in [-0.2, -0.15) is 0 Å². The topological polar surface area (TPSA) is 48.4 Å². The molecule has 0 aliphatic carbocycles. The van der Waals surface area contributed by atoms with Gasteiger partial charge < -0.3 is 9.47 Å². The van der Waals surface area contributed by atoms with Crippen LogP contribution in [-0.2, 0) is 11.3 Å². The van der Waals surface area contributed by atoms with Gasteiger partial charge in [0.2, 0.25) is 0 Å². The van der Waals surface area contributed by atoms with Crippen LogP contribution in [0.3, 0.4) is 0 Å². The van der Waals surface area contributed by atoms with Crippen molar-refractivity contribution in [3.05, 3.63) is 72.1 Å². The van der Waals surface area contributed by atoms with Crippen LogP contribution in [0.4, 0.5) is 0 Å². The van der Waals surface area contributed by atoms with Gasteiger partial charge in [-0.1, -0.05) is 30.3 Å². The predicted octanol–water partition coefficient (Wildman–Crippen LogP) is 3.60. The van der Waals surface area contributed by atoms with E-state index >= 15 is 0 Å². The minimum Gasteiger partial charge on any atom is -0.489 e. The van der Waals surface area contributed by atoms with Crippen molar-refractivity contribution in [3.63, 3.8) is 0 Å². The van der Waals surface area contributed by atoms with E-state index in [0.29, 0.717) is 17.9 Å². The van der Waals surface area contributed by atoms with Crippen molar-refractivity contribution in [2.45, 2.75) is 6.61 Å². The molecule has 4 heteroatoms. The van der Waals surface area contributed by atoms with Crippen molar-refractivity contribution in [2.24, 2.45) is 0 Å². The first-order valence-corrected chi connectivity index (χ1v) is 6.91. The van der Waals surface area contributed by atoms with Gasteiger partial charge in [-0.15, -0.1) is 0 Å². The largest absolute Gasteiger partial charge is 0.489 e. The molecule has 0 saturated heterocycles. The molecule has 1 heterocycles. The Kier molecular flexibility index (Phi) is 4.01. The molecule has 0 bridgehead atoms. The molecule has 0 atom stereocenters. The summed E-state index contributed by atoms with van der Waals surface area (Å²) >= 11 is 0. The van der Waals surface area contributed by atoms with Crippen LogP contribution in [0.2, 0.25) is 0 Å². The summed E-state index contributed by atoms with van der Waals surface area (Å²) in [6, 6.07) is 15.0. The van der Waals surface area contributed by atoms with Gasteiger partial charge in [0.05, 0.1) is 12.7 Å². The maximum atomic E-state index is 11.5. The normalized spacial score (nSPS) is 10.4. The number of ether oxygens (including phenoxy) is 2. The third kappa shape index (κ3) is 2.91. The van der Waals surface area contributed by atoms with E-state index in [9.17, 15) is 4.79 Å². The van der Waals surface area contributed by atoms with E-state index in [1.165, 1.54) is 7.11 Å². The van der Waals surface area contributed by atoms with E-state index in [0.717, 1.165) is 16.3 Å². The van der Waals surface area contributed by atoms with Gasteiger partial charge >= 0.3 is 5.97 Å². The average Bonchev–Trinajstić information content (AvgIpc) is 2.59. The summed E-state index contributed by atoms with van der Waals surface area (Å²) in [6.07, 6.45) is 3.63. The van der Waals surface area contributed by atoms with Crippen LogP contribution in [0.15, 0.2) is 60.9 Å². The van der Waals surface area contributed by atoms with Crippen LogP contribution in [-0.4, -0.2) is 18.1 Å². The molecular weight excluding hydrogens is 278 g/mol. The van der Waals surface area contributed by atoms with Gasteiger partial charge in [0.25, 0.3) is 0 Å².